The molecule has 2 saturated heterocycles. The number of anilines is 1. The number of amides is 2. The van der Waals surface area contributed by atoms with Gasteiger partial charge in [0.25, 0.3) is 0 Å². The van der Waals surface area contributed by atoms with Gasteiger partial charge in [-0.1, -0.05) is 24.0 Å². The van der Waals surface area contributed by atoms with Gasteiger partial charge in [0, 0.05) is 42.3 Å². The maximum Gasteiger partial charge on any atom is 0.321 e. The van der Waals surface area contributed by atoms with Crippen molar-refractivity contribution in [2.45, 2.75) is 30.8 Å². The minimum atomic E-state index is -0.332. The van der Waals surface area contributed by atoms with E-state index >= 15 is 0 Å². The van der Waals surface area contributed by atoms with Gasteiger partial charge in [0.15, 0.2) is 0 Å². The van der Waals surface area contributed by atoms with Crippen molar-refractivity contribution in [3.63, 3.8) is 0 Å². The molecule has 0 aromatic heterocycles. The van der Waals surface area contributed by atoms with Gasteiger partial charge in [-0.3, -0.25) is 9.80 Å². The number of aliphatic hydroxyl groups is 1. The Morgan fingerprint density at radius 2 is 1.82 bits per heavy atom. The van der Waals surface area contributed by atoms with E-state index in [1.807, 2.05) is 36.0 Å². The van der Waals surface area contributed by atoms with Crippen LogP contribution in [0.5, 0.6) is 0 Å². The molecule has 0 aliphatic carbocycles. The largest absolute Gasteiger partial charge is 0.395 e. The lowest BCUT2D eigenvalue weighted by molar-refractivity contribution is -0.0585. The molecule has 0 radical (unpaired) electrons. The summed E-state index contributed by atoms with van der Waals surface area (Å²) in [5.41, 5.74) is 2.72. The summed E-state index contributed by atoms with van der Waals surface area (Å²) in [5.74, 6) is 6.16. The number of hydrogen-bond donors (Lipinski definition) is 2. The lowest BCUT2D eigenvalue weighted by Crippen LogP contribution is -2.68. The Morgan fingerprint density at radius 3 is 2.50 bits per heavy atom. The molecule has 6 nitrogen and oxygen atoms in total. The molecular formula is C27H33FN4O2. The highest BCUT2D eigenvalue weighted by atomic mass is 19.1. The molecule has 3 atom stereocenters. The molecule has 34 heavy (non-hydrogen) atoms. The first-order chi connectivity index (χ1) is 16.5. The van der Waals surface area contributed by atoms with Crippen LogP contribution in [0.3, 0.4) is 0 Å². The maximum absolute atomic E-state index is 13.2. The summed E-state index contributed by atoms with van der Waals surface area (Å²) in [6, 6.07) is 14.1. The third-order valence-corrected chi connectivity index (χ3v) is 6.68. The molecule has 2 aromatic rings. The molecule has 0 bridgehead atoms. The fourth-order valence-corrected chi connectivity index (χ4v) is 4.95. The first-order valence-corrected chi connectivity index (χ1v) is 11.9. The number of carbonyl (C=O) groups excluding carboxylic acids is 1. The number of halogens is 1. The predicted molar refractivity (Wildman–Crippen MR) is 132 cm³/mol. The predicted octanol–water partition coefficient (Wildman–Crippen LogP) is 3.20. The third-order valence-electron chi connectivity index (χ3n) is 6.68. The van der Waals surface area contributed by atoms with Crippen molar-refractivity contribution >= 4 is 11.7 Å². The summed E-state index contributed by atoms with van der Waals surface area (Å²) in [5, 5.41) is 13.0. The number of carbonyl (C=O) groups is 1. The molecule has 2 aliphatic rings. The van der Waals surface area contributed by atoms with Gasteiger partial charge in [0.2, 0.25) is 0 Å². The van der Waals surface area contributed by atoms with Crippen LogP contribution >= 0.6 is 0 Å². The van der Waals surface area contributed by atoms with E-state index in [4.69, 9.17) is 0 Å². The van der Waals surface area contributed by atoms with Crippen LogP contribution in [0.1, 0.15) is 29.9 Å². The lowest BCUT2D eigenvalue weighted by atomic mass is 9.74. The topological polar surface area (TPSA) is 59.1 Å². The molecule has 0 spiro atoms. The molecule has 2 aliphatic heterocycles. The van der Waals surface area contributed by atoms with Crippen LogP contribution < -0.4 is 5.32 Å². The van der Waals surface area contributed by atoms with Crippen molar-refractivity contribution in [3.05, 3.63) is 65.5 Å². The molecule has 0 unspecified atom stereocenters. The molecular weight excluding hydrogens is 431 g/mol. The zero-order valence-electron chi connectivity index (χ0n) is 19.9. The van der Waals surface area contributed by atoms with Crippen LogP contribution in [0.2, 0.25) is 0 Å². The zero-order chi connectivity index (χ0) is 24.1. The highest BCUT2D eigenvalue weighted by Gasteiger charge is 2.49. The van der Waals surface area contributed by atoms with E-state index in [1.165, 1.54) is 12.1 Å². The molecule has 2 N–H and O–H groups in total. The Bertz CT molecular complexity index is 1030. The van der Waals surface area contributed by atoms with Gasteiger partial charge in [-0.25, -0.2) is 9.18 Å². The zero-order valence-corrected chi connectivity index (χ0v) is 19.9. The Hall–Kier alpha value is -2.92. The van der Waals surface area contributed by atoms with Crippen LogP contribution in [0, 0.1) is 17.7 Å². The van der Waals surface area contributed by atoms with Crippen LogP contribution in [0.25, 0.3) is 0 Å². The molecule has 0 saturated carbocycles. The average molecular weight is 465 g/mol. The van der Waals surface area contributed by atoms with Crippen LogP contribution in [-0.2, 0) is 0 Å². The molecule has 2 heterocycles. The quantitative estimate of drug-likeness (QED) is 0.683. The van der Waals surface area contributed by atoms with Gasteiger partial charge in [-0.15, -0.1) is 0 Å². The molecule has 2 fully saturated rings. The lowest BCUT2D eigenvalue weighted by Gasteiger charge is -2.57. The number of fused-ring (bicyclic) bond motifs is 1. The van der Waals surface area contributed by atoms with Gasteiger partial charge in [0.1, 0.15) is 5.82 Å². The van der Waals surface area contributed by atoms with Gasteiger partial charge < -0.3 is 15.3 Å². The number of nitrogens with zero attached hydrogens (tertiary/aromatic N) is 3. The SMILES string of the molecule is CN(C)CC#Cc1ccc([C@H]2[C@H](CO)N3CCCCN(C(=O)Nc4ccc(F)cc4)C[C@@H]23)cc1. The number of aliphatic hydroxyl groups excluding tert-OH is 1. The monoisotopic (exact) mass is 464 g/mol. The first-order valence-electron chi connectivity index (χ1n) is 11.9. The molecule has 4 rings (SSSR count). The molecule has 180 valence electrons. The number of nitrogens with one attached hydrogen (secondary N) is 1. The standard InChI is InChI=1S/C27H33FN4O2/c1-30(2)15-5-6-20-7-9-21(10-8-20)26-24-18-31(16-3-4-17-32(24)25(26)19-33)27(34)29-23-13-11-22(28)12-14-23/h7-14,24-26,33H,3-4,15-19H2,1-2H3,(H,29,34)/t24-,25-,26+/m0/s1. The van der Waals surface area contributed by atoms with Crippen LogP contribution in [-0.4, -0.2) is 84.8 Å². The van der Waals surface area contributed by atoms with E-state index in [1.54, 1.807) is 12.1 Å². The second kappa shape index (κ2) is 11.0. The van der Waals surface area contributed by atoms with Crippen molar-refractivity contribution in [1.82, 2.24) is 14.7 Å². The van der Waals surface area contributed by atoms with Gasteiger partial charge in [-0.2, -0.15) is 0 Å². The fourth-order valence-electron chi connectivity index (χ4n) is 4.95. The minimum absolute atomic E-state index is 0.0517. The second-order valence-corrected chi connectivity index (χ2v) is 9.33. The maximum atomic E-state index is 13.2. The van der Waals surface area contributed by atoms with E-state index in [0.717, 1.165) is 30.5 Å². The summed E-state index contributed by atoms with van der Waals surface area (Å²) in [7, 11) is 3.99. The average Bonchev–Trinajstić information content (AvgIpc) is 2.80. The second-order valence-electron chi connectivity index (χ2n) is 9.33. The summed E-state index contributed by atoms with van der Waals surface area (Å²) in [6.07, 6.45) is 1.88. The first kappa shape index (κ1) is 24.2. The van der Waals surface area contributed by atoms with Crippen LogP contribution in [0.4, 0.5) is 14.9 Å². The van der Waals surface area contributed by atoms with Crippen molar-refractivity contribution in [2.75, 3.05) is 52.2 Å². The Kier molecular flexibility index (Phi) is 7.84. The molecule has 2 aromatic carbocycles. The Morgan fingerprint density at radius 1 is 1.12 bits per heavy atom. The van der Waals surface area contributed by atoms with E-state index in [-0.39, 0.29) is 36.5 Å². The number of benzene rings is 2. The van der Waals surface area contributed by atoms with Crippen molar-refractivity contribution < 1.29 is 14.3 Å². The van der Waals surface area contributed by atoms with E-state index in [9.17, 15) is 14.3 Å². The van der Waals surface area contributed by atoms with Gasteiger partial charge >= 0.3 is 6.03 Å². The number of hydrogen-bond acceptors (Lipinski definition) is 4. The number of urea groups is 1. The summed E-state index contributed by atoms with van der Waals surface area (Å²) >= 11 is 0. The van der Waals surface area contributed by atoms with Crippen molar-refractivity contribution in [3.8, 4) is 11.8 Å². The van der Waals surface area contributed by atoms with Crippen LogP contribution in [0.15, 0.2) is 48.5 Å². The highest BCUT2D eigenvalue weighted by molar-refractivity contribution is 5.89. The minimum Gasteiger partial charge on any atom is -0.395 e. The van der Waals surface area contributed by atoms with Crippen molar-refractivity contribution in [1.29, 1.82) is 0 Å². The highest BCUT2D eigenvalue weighted by Crippen LogP contribution is 2.42. The fraction of sp³-hybridized carbons (Fsp3) is 0.444. The van der Waals surface area contributed by atoms with Gasteiger partial charge in [-0.05, 0) is 75.4 Å². The van der Waals surface area contributed by atoms with E-state index < -0.39 is 0 Å². The molecule has 7 heteroatoms. The van der Waals surface area contributed by atoms with Gasteiger partial charge in [0.05, 0.1) is 13.2 Å². The Labute approximate surface area is 201 Å². The Balaban J connectivity index is 1.48. The normalized spacial score (nSPS) is 22.6. The van der Waals surface area contributed by atoms with E-state index in [2.05, 4.69) is 34.2 Å². The summed E-state index contributed by atoms with van der Waals surface area (Å²) < 4.78 is 13.2. The third kappa shape index (κ3) is 5.58. The summed E-state index contributed by atoms with van der Waals surface area (Å²) in [6.45, 7) is 2.98. The number of rotatable bonds is 4. The molecule has 2 amide bonds. The summed E-state index contributed by atoms with van der Waals surface area (Å²) in [4.78, 5) is 19.2. The smallest absolute Gasteiger partial charge is 0.321 e. The van der Waals surface area contributed by atoms with Crippen molar-refractivity contribution in [2.24, 2.45) is 0 Å². The van der Waals surface area contributed by atoms with E-state index in [0.29, 0.717) is 25.3 Å².